The average molecular weight is 359 g/mol. The van der Waals surface area contributed by atoms with Crippen LogP contribution in [-0.4, -0.2) is 41.0 Å². The van der Waals surface area contributed by atoms with E-state index in [1.54, 1.807) is 11.0 Å². The number of nitrogens with one attached hydrogen (secondary N) is 1. The van der Waals surface area contributed by atoms with Gasteiger partial charge < -0.3 is 10.4 Å². The second-order valence-corrected chi connectivity index (χ2v) is 5.87. The summed E-state index contributed by atoms with van der Waals surface area (Å²) in [4.78, 5) is 24.6. The number of carboxylic acid groups (broad SMARTS) is 1. The van der Waals surface area contributed by atoms with Crippen molar-refractivity contribution < 1.29 is 19.1 Å². The Kier molecular flexibility index (Phi) is 5.30. The van der Waals surface area contributed by atoms with E-state index < -0.39 is 17.8 Å². The molecule has 1 fully saturated rings. The van der Waals surface area contributed by atoms with Crippen LogP contribution in [0.2, 0.25) is 0 Å². The Labute approximate surface area is 130 Å². The zero-order valence-electron chi connectivity index (χ0n) is 11.3. The molecular formula is C14H16BrFN2O3. The number of hydrogen-bond acceptors (Lipinski definition) is 3. The Hall–Kier alpha value is -1.47. The average Bonchev–Trinajstić information content (AvgIpc) is 2.88. The summed E-state index contributed by atoms with van der Waals surface area (Å²) >= 11 is 3.14. The van der Waals surface area contributed by atoms with Crippen molar-refractivity contribution in [2.24, 2.45) is 0 Å². The number of hydrogen-bond donors (Lipinski definition) is 2. The van der Waals surface area contributed by atoms with Crippen LogP contribution in [0.4, 0.5) is 10.1 Å². The molecule has 1 aromatic rings. The summed E-state index contributed by atoms with van der Waals surface area (Å²) in [6, 6.07) is 3.88. The SMILES string of the molecule is O=C(CCN1CCC[C@H]1C(=O)O)Nc1ccc(Br)cc1F. The fourth-order valence-corrected chi connectivity index (χ4v) is 2.76. The van der Waals surface area contributed by atoms with Crippen molar-refractivity contribution >= 4 is 33.5 Å². The maximum atomic E-state index is 13.6. The Bertz CT molecular complexity index is 553. The normalized spacial score (nSPS) is 18.7. The molecule has 21 heavy (non-hydrogen) atoms. The Morgan fingerprint density at radius 3 is 2.90 bits per heavy atom. The van der Waals surface area contributed by atoms with E-state index in [0.29, 0.717) is 24.0 Å². The second-order valence-electron chi connectivity index (χ2n) is 4.95. The zero-order valence-corrected chi connectivity index (χ0v) is 12.9. The maximum absolute atomic E-state index is 13.6. The summed E-state index contributed by atoms with van der Waals surface area (Å²) < 4.78 is 14.2. The highest BCUT2D eigenvalue weighted by molar-refractivity contribution is 9.10. The molecule has 1 amide bonds. The van der Waals surface area contributed by atoms with Gasteiger partial charge in [-0.15, -0.1) is 0 Å². The molecule has 0 radical (unpaired) electrons. The van der Waals surface area contributed by atoms with Crippen LogP contribution >= 0.6 is 15.9 Å². The molecule has 0 bridgehead atoms. The number of carboxylic acids is 1. The van der Waals surface area contributed by atoms with Crippen molar-refractivity contribution in [1.82, 2.24) is 4.90 Å². The number of amides is 1. The third-order valence-electron chi connectivity index (χ3n) is 3.48. The maximum Gasteiger partial charge on any atom is 0.320 e. The van der Waals surface area contributed by atoms with Gasteiger partial charge in [-0.05, 0) is 37.6 Å². The van der Waals surface area contributed by atoms with Crippen LogP contribution in [-0.2, 0) is 9.59 Å². The van der Waals surface area contributed by atoms with Gasteiger partial charge in [-0.2, -0.15) is 0 Å². The van der Waals surface area contributed by atoms with Gasteiger partial charge in [0, 0.05) is 17.4 Å². The second kappa shape index (κ2) is 7.00. The first kappa shape index (κ1) is 15.9. The molecule has 2 N–H and O–H groups in total. The summed E-state index contributed by atoms with van der Waals surface area (Å²) in [5, 5.41) is 11.5. The van der Waals surface area contributed by atoms with E-state index >= 15 is 0 Å². The monoisotopic (exact) mass is 358 g/mol. The van der Waals surface area contributed by atoms with Gasteiger partial charge in [0.05, 0.1) is 5.69 Å². The van der Waals surface area contributed by atoms with Crippen LogP contribution in [0.25, 0.3) is 0 Å². The first-order valence-electron chi connectivity index (χ1n) is 6.69. The van der Waals surface area contributed by atoms with E-state index in [9.17, 15) is 14.0 Å². The number of aliphatic carboxylic acids is 1. The van der Waals surface area contributed by atoms with Gasteiger partial charge in [0.2, 0.25) is 5.91 Å². The van der Waals surface area contributed by atoms with Crippen LogP contribution < -0.4 is 5.32 Å². The first-order chi connectivity index (χ1) is 9.97. The lowest BCUT2D eigenvalue weighted by molar-refractivity contribution is -0.142. The summed E-state index contributed by atoms with van der Waals surface area (Å²) in [6.07, 6.45) is 1.57. The number of benzene rings is 1. The lowest BCUT2D eigenvalue weighted by Gasteiger charge is -2.20. The minimum absolute atomic E-state index is 0.124. The lowest BCUT2D eigenvalue weighted by atomic mass is 10.2. The zero-order chi connectivity index (χ0) is 15.4. The Balaban J connectivity index is 1.86. The number of carbonyl (C=O) groups excluding carboxylic acids is 1. The third-order valence-corrected chi connectivity index (χ3v) is 3.97. The molecule has 5 nitrogen and oxygen atoms in total. The molecule has 0 aliphatic carbocycles. The van der Waals surface area contributed by atoms with Crippen LogP contribution in [0.3, 0.4) is 0 Å². The van der Waals surface area contributed by atoms with Crippen molar-refractivity contribution in [2.75, 3.05) is 18.4 Å². The molecule has 1 atom stereocenters. The topological polar surface area (TPSA) is 69.6 Å². The van der Waals surface area contributed by atoms with Gasteiger partial charge >= 0.3 is 5.97 Å². The predicted molar refractivity (Wildman–Crippen MR) is 79.6 cm³/mol. The molecule has 0 unspecified atom stereocenters. The summed E-state index contributed by atoms with van der Waals surface area (Å²) in [6.45, 7) is 1.04. The minimum atomic E-state index is -0.855. The molecule has 2 rings (SSSR count). The molecule has 1 saturated heterocycles. The van der Waals surface area contributed by atoms with Gasteiger partial charge in [-0.25, -0.2) is 4.39 Å². The fourth-order valence-electron chi connectivity index (χ4n) is 2.42. The molecule has 1 aliphatic heterocycles. The highest BCUT2D eigenvalue weighted by Gasteiger charge is 2.30. The number of nitrogens with zero attached hydrogens (tertiary/aromatic N) is 1. The van der Waals surface area contributed by atoms with Crippen LogP contribution in [0.15, 0.2) is 22.7 Å². The van der Waals surface area contributed by atoms with Gasteiger partial charge in [-0.3, -0.25) is 14.5 Å². The molecule has 0 saturated carbocycles. The molecule has 1 heterocycles. The van der Waals surface area contributed by atoms with E-state index in [-0.39, 0.29) is 18.0 Å². The number of anilines is 1. The van der Waals surface area contributed by atoms with Crippen molar-refractivity contribution in [3.8, 4) is 0 Å². The fraction of sp³-hybridized carbons (Fsp3) is 0.429. The summed E-state index contributed by atoms with van der Waals surface area (Å²) in [5.41, 5.74) is 0.124. The summed E-state index contributed by atoms with van der Waals surface area (Å²) in [7, 11) is 0. The van der Waals surface area contributed by atoms with Gasteiger partial charge in [0.25, 0.3) is 0 Å². The van der Waals surface area contributed by atoms with Crippen molar-refractivity contribution in [3.63, 3.8) is 0 Å². The van der Waals surface area contributed by atoms with Gasteiger partial charge in [0.1, 0.15) is 11.9 Å². The van der Waals surface area contributed by atoms with E-state index in [1.165, 1.54) is 12.1 Å². The molecule has 1 aromatic carbocycles. The van der Waals surface area contributed by atoms with E-state index in [2.05, 4.69) is 21.2 Å². The van der Waals surface area contributed by atoms with Crippen LogP contribution in [0.5, 0.6) is 0 Å². The Morgan fingerprint density at radius 2 is 2.24 bits per heavy atom. The lowest BCUT2D eigenvalue weighted by Crippen LogP contribution is -2.37. The molecular weight excluding hydrogens is 343 g/mol. The number of halogens is 2. The smallest absolute Gasteiger partial charge is 0.320 e. The largest absolute Gasteiger partial charge is 0.480 e. The number of likely N-dealkylation sites (tertiary alicyclic amines) is 1. The minimum Gasteiger partial charge on any atom is -0.480 e. The molecule has 114 valence electrons. The van der Waals surface area contributed by atoms with Crippen molar-refractivity contribution in [3.05, 3.63) is 28.5 Å². The third kappa shape index (κ3) is 4.25. The van der Waals surface area contributed by atoms with Crippen LogP contribution in [0.1, 0.15) is 19.3 Å². The van der Waals surface area contributed by atoms with Gasteiger partial charge in [0.15, 0.2) is 0 Å². The first-order valence-corrected chi connectivity index (χ1v) is 7.48. The van der Waals surface area contributed by atoms with Crippen molar-refractivity contribution in [2.45, 2.75) is 25.3 Å². The van der Waals surface area contributed by atoms with E-state index in [4.69, 9.17) is 5.11 Å². The molecule has 0 spiro atoms. The summed E-state index contributed by atoms with van der Waals surface area (Å²) in [5.74, 6) is -1.69. The molecule has 7 heteroatoms. The van der Waals surface area contributed by atoms with Gasteiger partial charge in [-0.1, -0.05) is 15.9 Å². The van der Waals surface area contributed by atoms with Crippen LogP contribution in [0, 0.1) is 5.82 Å². The number of carbonyl (C=O) groups is 2. The highest BCUT2D eigenvalue weighted by atomic mass is 79.9. The quantitative estimate of drug-likeness (QED) is 0.848. The molecule has 0 aromatic heterocycles. The van der Waals surface area contributed by atoms with Crippen molar-refractivity contribution in [1.29, 1.82) is 0 Å². The Morgan fingerprint density at radius 1 is 1.48 bits per heavy atom. The van der Waals surface area contributed by atoms with E-state index in [0.717, 1.165) is 6.42 Å². The molecule has 1 aliphatic rings. The standard InChI is InChI=1S/C14H16BrFN2O3/c15-9-3-4-11(10(16)8-9)17-13(19)5-7-18-6-1-2-12(18)14(20)21/h3-4,8,12H,1-2,5-7H2,(H,17,19)(H,20,21)/t12-/m0/s1. The predicted octanol–water partition coefficient (Wildman–Crippen LogP) is 2.47. The highest BCUT2D eigenvalue weighted by Crippen LogP contribution is 2.20. The van der Waals surface area contributed by atoms with E-state index in [1.807, 2.05) is 0 Å². The number of rotatable bonds is 5.